The molecular weight excluding hydrogens is 284 g/mol. The highest BCUT2D eigenvalue weighted by Crippen LogP contribution is 2.23. The Bertz CT molecular complexity index is 619. The van der Waals surface area contributed by atoms with Gasteiger partial charge in [0, 0.05) is 10.6 Å². The normalized spacial score (nSPS) is 12.2. The van der Waals surface area contributed by atoms with Crippen LogP contribution in [0.5, 0.6) is 5.75 Å². The summed E-state index contributed by atoms with van der Waals surface area (Å²) in [5, 5.41) is 0.518. The molecule has 0 aromatic heterocycles. The summed E-state index contributed by atoms with van der Waals surface area (Å²) in [6.07, 6.45) is 0. The zero-order valence-corrected chi connectivity index (χ0v) is 11.6. The molecule has 2 N–H and O–H groups in total. The van der Waals surface area contributed by atoms with Crippen molar-refractivity contribution in [1.29, 1.82) is 0 Å². The summed E-state index contributed by atoms with van der Waals surface area (Å²) in [4.78, 5) is 0. The lowest BCUT2D eigenvalue weighted by molar-refractivity contribution is 0.284. The first kappa shape index (κ1) is 14.8. The van der Waals surface area contributed by atoms with Crippen LogP contribution in [0.3, 0.4) is 0 Å². The summed E-state index contributed by atoms with van der Waals surface area (Å²) < 4.78 is 33.0. The molecule has 0 amide bonds. The summed E-state index contributed by atoms with van der Waals surface area (Å²) in [5.41, 5.74) is 6.00. The van der Waals surface area contributed by atoms with Gasteiger partial charge in [-0.1, -0.05) is 23.7 Å². The Hall–Kier alpha value is -1.65. The van der Waals surface area contributed by atoms with E-state index in [2.05, 4.69) is 0 Å². The van der Waals surface area contributed by atoms with E-state index in [1.165, 1.54) is 12.1 Å². The fourth-order valence-electron chi connectivity index (χ4n) is 1.84. The van der Waals surface area contributed by atoms with Gasteiger partial charge in [0.15, 0.2) is 0 Å². The molecule has 1 unspecified atom stereocenters. The van der Waals surface area contributed by atoms with Crippen molar-refractivity contribution < 1.29 is 13.5 Å². The van der Waals surface area contributed by atoms with Crippen LogP contribution in [0.4, 0.5) is 8.78 Å². The Morgan fingerprint density at radius 1 is 1.25 bits per heavy atom. The van der Waals surface area contributed by atoms with E-state index >= 15 is 0 Å². The summed E-state index contributed by atoms with van der Waals surface area (Å²) in [6.45, 7) is 1.51. The molecule has 2 aromatic rings. The Balaban J connectivity index is 2.13. The van der Waals surface area contributed by atoms with E-state index in [4.69, 9.17) is 22.1 Å². The van der Waals surface area contributed by atoms with Crippen molar-refractivity contribution in [3.8, 4) is 5.75 Å². The molecular formula is C15H14ClF2NO. The highest BCUT2D eigenvalue weighted by Gasteiger charge is 2.19. The zero-order chi connectivity index (χ0) is 14.7. The second-order valence-electron chi connectivity index (χ2n) is 4.47. The van der Waals surface area contributed by atoms with Crippen molar-refractivity contribution in [3.05, 3.63) is 64.2 Å². The first-order chi connectivity index (χ1) is 9.49. The summed E-state index contributed by atoms with van der Waals surface area (Å²) in [5.74, 6) is -0.802. The van der Waals surface area contributed by atoms with Crippen molar-refractivity contribution in [2.24, 2.45) is 5.73 Å². The highest BCUT2D eigenvalue weighted by molar-refractivity contribution is 6.30. The number of benzene rings is 2. The zero-order valence-electron chi connectivity index (χ0n) is 10.9. The van der Waals surface area contributed by atoms with Gasteiger partial charge in [-0.25, -0.2) is 8.78 Å². The fraction of sp³-hybridized carbons (Fsp3) is 0.200. The molecule has 0 aliphatic carbocycles. The number of hydrogen-bond donors (Lipinski definition) is 1. The Morgan fingerprint density at radius 2 is 2.00 bits per heavy atom. The van der Waals surface area contributed by atoms with Crippen LogP contribution in [0.1, 0.15) is 17.2 Å². The smallest absolute Gasteiger partial charge is 0.133 e. The minimum Gasteiger partial charge on any atom is -0.492 e. The average molecular weight is 298 g/mol. The van der Waals surface area contributed by atoms with Gasteiger partial charge in [-0.05, 0) is 36.8 Å². The van der Waals surface area contributed by atoms with Crippen molar-refractivity contribution in [3.63, 3.8) is 0 Å². The molecule has 0 fully saturated rings. The summed E-state index contributed by atoms with van der Waals surface area (Å²) in [6, 6.07) is 8.41. The topological polar surface area (TPSA) is 35.2 Å². The predicted molar refractivity (Wildman–Crippen MR) is 75.0 cm³/mol. The highest BCUT2D eigenvalue weighted by atomic mass is 35.5. The van der Waals surface area contributed by atoms with E-state index < -0.39 is 17.7 Å². The number of rotatable bonds is 4. The van der Waals surface area contributed by atoms with Crippen molar-refractivity contribution in [2.45, 2.75) is 13.0 Å². The lowest BCUT2D eigenvalue weighted by Gasteiger charge is -2.16. The van der Waals surface area contributed by atoms with Crippen LogP contribution < -0.4 is 10.5 Å². The fourth-order valence-corrected chi connectivity index (χ4v) is 2.02. The largest absolute Gasteiger partial charge is 0.492 e. The van der Waals surface area contributed by atoms with Crippen LogP contribution in [0, 0.1) is 18.6 Å². The third-order valence-electron chi connectivity index (χ3n) is 2.92. The molecule has 0 aliphatic rings. The molecule has 0 saturated carbocycles. The summed E-state index contributed by atoms with van der Waals surface area (Å²) >= 11 is 5.82. The number of nitrogens with two attached hydrogens (primary N) is 1. The van der Waals surface area contributed by atoms with Gasteiger partial charge in [0.05, 0.1) is 6.04 Å². The third kappa shape index (κ3) is 3.26. The molecule has 5 heteroatoms. The Morgan fingerprint density at radius 3 is 2.70 bits per heavy atom. The molecule has 0 heterocycles. The SMILES string of the molecule is Cc1ccc(F)c(C(N)COc2cccc(Cl)c2)c1F. The van der Waals surface area contributed by atoms with Gasteiger partial charge in [-0.15, -0.1) is 0 Å². The Kier molecular flexibility index (Phi) is 4.57. The lowest BCUT2D eigenvalue weighted by atomic mass is 10.0. The van der Waals surface area contributed by atoms with Gasteiger partial charge in [0.2, 0.25) is 0 Å². The maximum atomic E-state index is 13.9. The molecule has 2 rings (SSSR count). The molecule has 0 radical (unpaired) electrons. The minimum atomic E-state index is -0.895. The van der Waals surface area contributed by atoms with Crippen LogP contribution >= 0.6 is 11.6 Å². The van der Waals surface area contributed by atoms with Crippen LogP contribution in [0.2, 0.25) is 5.02 Å². The second-order valence-corrected chi connectivity index (χ2v) is 4.90. The van der Waals surface area contributed by atoms with Crippen LogP contribution in [0.15, 0.2) is 36.4 Å². The van der Waals surface area contributed by atoms with Crippen molar-refractivity contribution in [2.75, 3.05) is 6.61 Å². The van der Waals surface area contributed by atoms with Crippen molar-refractivity contribution >= 4 is 11.6 Å². The molecule has 2 aromatic carbocycles. The second kappa shape index (κ2) is 6.20. The number of aryl methyl sites for hydroxylation is 1. The van der Waals surface area contributed by atoms with E-state index in [1.807, 2.05) is 0 Å². The standard InChI is InChI=1S/C15H14ClF2NO/c1-9-5-6-12(17)14(15(9)18)13(19)8-20-11-4-2-3-10(16)7-11/h2-7,13H,8,19H2,1H3. The van der Waals surface area contributed by atoms with E-state index in [1.54, 1.807) is 31.2 Å². The van der Waals surface area contributed by atoms with Gasteiger partial charge in [-0.3, -0.25) is 0 Å². The van der Waals surface area contributed by atoms with E-state index in [0.29, 0.717) is 16.3 Å². The molecule has 0 spiro atoms. The monoisotopic (exact) mass is 297 g/mol. The van der Waals surface area contributed by atoms with E-state index in [9.17, 15) is 8.78 Å². The number of ether oxygens (including phenoxy) is 1. The molecule has 106 valence electrons. The molecule has 0 bridgehead atoms. The first-order valence-corrected chi connectivity index (χ1v) is 6.45. The first-order valence-electron chi connectivity index (χ1n) is 6.07. The Labute approximate surface area is 121 Å². The van der Waals surface area contributed by atoms with Gasteiger partial charge >= 0.3 is 0 Å². The van der Waals surface area contributed by atoms with Gasteiger partial charge in [0.1, 0.15) is 24.0 Å². The van der Waals surface area contributed by atoms with Gasteiger partial charge < -0.3 is 10.5 Å². The van der Waals surface area contributed by atoms with Crippen LogP contribution in [-0.2, 0) is 0 Å². The van der Waals surface area contributed by atoms with Gasteiger partial charge in [-0.2, -0.15) is 0 Å². The molecule has 0 saturated heterocycles. The minimum absolute atomic E-state index is 0.0440. The maximum absolute atomic E-state index is 13.9. The molecule has 1 atom stereocenters. The van der Waals surface area contributed by atoms with Gasteiger partial charge in [0.25, 0.3) is 0 Å². The molecule has 0 aliphatic heterocycles. The molecule has 20 heavy (non-hydrogen) atoms. The lowest BCUT2D eigenvalue weighted by Crippen LogP contribution is -2.22. The quantitative estimate of drug-likeness (QED) is 0.925. The van der Waals surface area contributed by atoms with E-state index in [-0.39, 0.29) is 12.2 Å². The number of hydrogen-bond acceptors (Lipinski definition) is 2. The predicted octanol–water partition coefficient (Wildman–Crippen LogP) is 4.01. The molecule has 2 nitrogen and oxygen atoms in total. The number of halogens is 3. The van der Waals surface area contributed by atoms with Crippen molar-refractivity contribution in [1.82, 2.24) is 0 Å². The summed E-state index contributed by atoms with van der Waals surface area (Å²) in [7, 11) is 0. The van der Waals surface area contributed by atoms with E-state index in [0.717, 1.165) is 0 Å². The average Bonchev–Trinajstić information content (AvgIpc) is 2.41. The maximum Gasteiger partial charge on any atom is 0.133 e. The van der Waals surface area contributed by atoms with Crippen LogP contribution in [0.25, 0.3) is 0 Å². The third-order valence-corrected chi connectivity index (χ3v) is 3.15. The van der Waals surface area contributed by atoms with Crippen LogP contribution in [-0.4, -0.2) is 6.61 Å².